The first-order valence-corrected chi connectivity index (χ1v) is 6.92. The molecule has 0 N–H and O–H groups in total. The molecule has 0 heteroatoms. The predicted molar refractivity (Wildman–Crippen MR) is 79.7 cm³/mol. The molecule has 0 aromatic carbocycles. The van der Waals surface area contributed by atoms with E-state index in [9.17, 15) is 0 Å². The second-order valence-electron chi connectivity index (χ2n) is 5.32. The SMILES string of the molecule is C#CC(C)C.C1#CCCCCCC1.CC(C)C. The molecule has 0 nitrogen and oxygen atoms in total. The Bertz CT molecular complexity index is 214. The van der Waals surface area contributed by atoms with Crippen LogP contribution in [0.15, 0.2) is 0 Å². The fourth-order valence-corrected chi connectivity index (χ4v) is 0.957. The molecule has 0 bridgehead atoms. The van der Waals surface area contributed by atoms with Crippen molar-refractivity contribution in [2.75, 3.05) is 0 Å². The van der Waals surface area contributed by atoms with Gasteiger partial charge in [-0.25, -0.2) is 0 Å². The number of hydrogen-bond donors (Lipinski definition) is 0. The van der Waals surface area contributed by atoms with Crippen molar-refractivity contribution in [3.8, 4) is 24.2 Å². The highest BCUT2D eigenvalue weighted by molar-refractivity contribution is 4.99. The van der Waals surface area contributed by atoms with Crippen LogP contribution < -0.4 is 0 Å². The Morgan fingerprint density at radius 3 is 1.35 bits per heavy atom. The highest BCUT2D eigenvalue weighted by Crippen LogP contribution is 2.06. The van der Waals surface area contributed by atoms with Crippen LogP contribution in [0.5, 0.6) is 0 Å². The Kier molecular flexibility index (Phi) is 16.4. The zero-order chi connectivity index (χ0) is 13.5. The maximum atomic E-state index is 4.92. The van der Waals surface area contributed by atoms with Crippen LogP contribution in [-0.4, -0.2) is 0 Å². The third-order valence-electron chi connectivity index (χ3n) is 1.81. The van der Waals surface area contributed by atoms with Crippen LogP contribution in [0.25, 0.3) is 0 Å². The van der Waals surface area contributed by atoms with Gasteiger partial charge in [0.25, 0.3) is 0 Å². The molecule has 0 fully saturated rings. The van der Waals surface area contributed by atoms with Crippen LogP contribution in [0.4, 0.5) is 0 Å². The molecule has 0 aliphatic heterocycles. The molecule has 1 aliphatic rings. The maximum absolute atomic E-state index is 4.92. The average Bonchev–Trinajstić information content (AvgIpc) is 2.16. The maximum Gasteiger partial charge on any atom is 0.0143 e. The summed E-state index contributed by atoms with van der Waals surface area (Å²) in [5, 5.41) is 0. The second kappa shape index (κ2) is 15.1. The molecule has 17 heavy (non-hydrogen) atoms. The van der Waals surface area contributed by atoms with Crippen molar-refractivity contribution >= 4 is 0 Å². The lowest BCUT2D eigenvalue weighted by molar-refractivity contribution is 0.652. The summed E-state index contributed by atoms with van der Waals surface area (Å²) in [7, 11) is 0. The summed E-state index contributed by atoms with van der Waals surface area (Å²) in [6.07, 6.45) is 12.6. The Balaban J connectivity index is 0. The fraction of sp³-hybridized carbons (Fsp3) is 0.765. The molecule has 1 aliphatic carbocycles. The van der Waals surface area contributed by atoms with Gasteiger partial charge in [-0.2, -0.15) is 0 Å². The van der Waals surface area contributed by atoms with E-state index in [2.05, 4.69) is 38.5 Å². The van der Waals surface area contributed by atoms with Crippen LogP contribution >= 0.6 is 0 Å². The molecule has 0 amide bonds. The lowest BCUT2D eigenvalue weighted by atomic mass is 10.1. The van der Waals surface area contributed by atoms with E-state index in [-0.39, 0.29) is 0 Å². The Hall–Kier alpha value is -0.880. The van der Waals surface area contributed by atoms with Crippen molar-refractivity contribution in [2.45, 2.75) is 73.1 Å². The van der Waals surface area contributed by atoms with Gasteiger partial charge in [-0.3, -0.25) is 0 Å². The molecular formula is C17H30. The molecule has 0 radical (unpaired) electrons. The fourth-order valence-electron chi connectivity index (χ4n) is 0.957. The quantitative estimate of drug-likeness (QED) is 0.500. The summed E-state index contributed by atoms with van der Waals surface area (Å²) in [6, 6.07) is 0. The smallest absolute Gasteiger partial charge is 0.0143 e. The molecule has 1 rings (SSSR count). The third-order valence-corrected chi connectivity index (χ3v) is 1.81. The first-order chi connectivity index (χ1) is 8.00. The van der Waals surface area contributed by atoms with Gasteiger partial charge in [-0.05, 0) is 18.8 Å². The first kappa shape index (κ1) is 18.5. The van der Waals surface area contributed by atoms with Gasteiger partial charge < -0.3 is 0 Å². The monoisotopic (exact) mass is 234 g/mol. The molecule has 0 aromatic rings. The summed E-state index contributed by atoms with van der Waals surface area (Å²) >= 11 is 0. The van der Waals surface area contributed by atoms with Crippen LogP contribution in [0.2, 0.25) is 0 Å². The van der Waals surface area contributed by atoms with E-state index >= 15 is 0 Å². The predicted octanol–water partition coefficient (Wildman–Crippen LogP) is 5.28. The standard InChI is InChI=1S/C8H12.C5H8.C4H10/c1-2-4-6-8-7-5-3-1;1-4-5(2)3;1-4(2)3/h1-6H2;1,5H,2-3H3;4H,1-3H3. The topological polar surface area (TPSA) is 0 Å². The van der Waals surface area contributed by atoms with Crippen molar-refractivity contribution < 1.29 is 0 Å². The number of terminal acetylenes is 1. The lowest BCUT2D eigenvalue weighted by Crippen LogP contribution is -1.80. The molecule has 0 saturated carbocycles. The van der Waals surface area contributed by atoms with Crippen LogP contribution in [-0.2, 0) is 0 Å². The van der Waals surface area contributed by atoms with Gasteiger partial charge >= 0.3 is 0 Å². The van der Waals surface area contributed by atoms with Crippen LogP contribution in [0.1, 0.15) is 73.1 Å². The molecule has 0 unspecified atom stereocenters. The average molecular weight is 234 g/mol. The molecule has 0 saturated heterocycles. The molecule has 0 aromatic heterocycles. The summed E-state index contributed by atoms with van der Waals surface area (Å²) in [6.45, 7) is 10.5. The van der Waals surface area contributed by atoms with E-state index in [0.29, 0.717) is 5.92 Å². The highest BCUT2D eigenvalue weighted by Gasteiger charge is 1.89. The van der Waals surface area contributed by atoms with E-state index in [1.165, 1.54) is 25.7 Å². The first-order valence-electron chi connectivity index (χ1n) is 6.92. The zero-order valence-electron chi connectivity index (χ0n) is 12.5. The Morgan fingerprint density at radius 2 is 1.12 bits per heavy atom. The van der Waals surface area contributed by atoms with Crippen molar-refractivity contribution in [3.05, 3.63) is 0 Å². The van der Waals surface area contributed by atoms with E-state index in [1.54, 1.807) is 0 Å². The van der Waals surface area contributed by atoms with E-state index < -0.39 is 0 Å². The molecule has 98 valence electrons. The van der Waals surface area contributed by atoms with Crippen LogP contribution in [0.3, 0.4) is 0 Å². The Labute approximate surface area is 110 Å². The minimum atomic E-state index is 0.412. The van der Waals surface area contributed by atoms with Gasteiger partial charge in [0.15, 0.2) is 0 Å². The minimum Gasteiger partial charge on any atom is -0.120 e. The third kappa shape index (κ3) is 31.3. The molecule has 0 atom stereocenters. The van der Waals surface area contributed by atoms with Gasteiger partial charge in [-0.1, -0.05) is 47.5 Å². The van der Waals surface area contributed by atoms with Crippen LogP contribution in [0, 0.1) is 36.0 Å². The van der Waals surface area contributed by atoms with Gasteiger partial charge in [0.2, 0.25) is 0 Å². The van der Waals surface area contributed by atoms with E-state index in [4.69, 9.17) is 6.42 Å². The zero-order valence-corrected chi connectivity index (χ0v) is 12.5. The van der Waals surface area contributed by atoms with Gasteiger partial charge in [-0.15, -0.1) is 24.2 Å². The van der Waals surface area contributed by atoms with Crippen molar-refractivity contribution in [1.82, 2.24) is 0 Å². The van der Waals surface area contributed by atoms with Crippen molar-refractivity contribution in [1.29, 1.82) is 0 Å². The molecular weight excluding hydrogens is 204 g/mol. The molecule has 0 spiro atoms. The Morgan fingerprint density at radius 1 is 0.824 bits per heavy atom. The summed E-state index contributed by atoms with van der Waals surface area (Å²) in [5.74, 6) is 10.0. The van der Waals surface area contributed by atoms with E-state index in [0.717, 1.165) is 18.8 Å². The highest BCUT2D eigenvalue weighted by atomic mass is 13.9. The summed E-state index contributed by atoms with van der Waals surface area (Å²) in [4.78, 5) is 0. The largest absolute Gasteiger partial charge is 0.120 e. The number of hydrogen-bond acceptors (Lipinski definition) is 0. The molecule has 0 heterocycles. The lowest BCUT2D eigenvalue weighted by Gasteiger charge is -1.97. The van der Waals surface area contributed by atoms with E-state index in [1.807, 2.05) is 13.8 Å². The summed E-state index contributed by atoms with van der Waals surface area (Å²) in [5.41, 5.74) is 0. The van der Waals surface area contributed by atoms with Gasteiger partial charge in [0.05, 0.1) is 0 Å². The van der Waals surface area contributed by atoms with Gasteiger partial charge in [0.1, 0.15) is 0 Å². The van der Waals surface area contributed by atoms with Gasteiger partial charge in [0, 0.05) is 18.8 Å². The number of rotatable bonds is 0. The second-order valence-corrected chi connectivity index (χ2v) is 5.32. The van der Waals surface area contributed by atoms with Crippen molar-refractivity contribution in [2.24, 2.45) is 11.8 Å². The minimum absolute atomic E-state index is 0.412. The normalized spacial score (nSPS) is 13.8. The van der Waals surface area contributed by atoms with Crippen molar-refractivity contribution in [3.63, 3.8) is 0 Å². The summed E-state index contributed by atoms with van der Waals surface area (Å²) < 4.78 is 0.